The summed E-state index contributed by atoms with van der Waals surface area (Å²) in [5, 5.41) is 4.39. The first-order valence-electron chi connectivity index (χ1n) is 7.67. The Hall–Kier alpha value is -2.10. The number of rotatable bonds is 4. The summed E-state index contributed by atoms with van der Waals surface area (Å²) in [6, 6.07) is 12.0. The third-order valence-corrected chi connectivity index (χ3v) is 4.26. The molecule has 4 heteroatoms. The number of nitrogens with zero attached hydrogens (tertiary/aromatic N) is 2. The van der Waals surface area contributed by atoms with Crippen LogP contribution in [-0.4, -0.2) is 11.1 Å². The van der Waals surface area contributed by atoms with Gasteiger partial charge in [-0.2, -0.15) is 0 Å². The fourth-order valence-electron chi connectivity index (χ4n) is 2.75. The number of hydrogen-bond acceptors (Lipinski definition) is 3. The summed E-state index contributed by atoms with van der Waals surface area (Å²) >= 11 is 6.03. The van der Waals surface area contributed by atoms with Gasteiger partial charge in [-0.3, -0.25) is 10.3 Å². The van der Waals surface area contributed by atoms with E-state index >= 15 is 0 Å². The summed E-state index contributed by atoms with van der Waals surface area (Å²) in [5.74, 6) is 0. The Kier molecular flexibility index (Phi) is 4.79. The van der Waals surface area contributed by atoms with Crippen LogP contribution in [0.1, 0.15) is 19.4 Å². The van der Waals surface area contributed by atoms with Crippen LogP contribution in [-0.2, 0) is 6.54 Å². The minimum absolute atomic E-state index is 0.120. The molecule has 1 aliphatic heterocycles. The van der Waals surface area contributed by atoms with Gasteiger partial charge in [0, 0.05) is 35.3 Å². The van der Waals surface area contributed by atoms with Crippen molar-refractivity contribution >= 4 is 17.3 Å². The van der Waals surface area contributed by atoms with Crippen molar-refractivity contribution in [3.05, 3.63) is 82.8 Å². The fraction of sp³-hybridized carbons (Fsp3) is 0.211. The molecule has 0 spiro atoms. The predicted molar refractivity (Wildman–Crippen MR) is 96.3 cm³/mol. The van der Waals surface area contributed by atoms with Gasteiger partial charge in [-0.1, -0.05) is 17.7 Å². The molecule has 0 amide bonds. The van der Waals surface area contributed by atoms with E-state index in [1.807, 2.05) is 36.7 Å². The van der Waals surface area contributed by atoms with Crippen molar-refractivity contribution in [1.82, 2.24) is 10.3 Å². The van der Waals surface area contributed by atoms with Gasteiger partial charge >= 0.3 is 0 Å². The summed E-state index contributed by atoms with van der Waals surface area (Å²) in [6.07, 6.45) is 8.08. The monoisotopic (exact) mass is 325 g/mol. The average molecular weight is 326 g/mol. The largest absolute Gasteiger partial charge is 0.326 e. The standard InChI is InChI=1S/C19H20ClN3/c1-14-3-4-15(2)23(18-7-5-17(20)6-8-18)19(14)22-13-16-9-11-21-12-10-16/h3-12,19,22H,13H2,1-2H3. The number of pyridine rings is 1. The fourth-order valence-corrected chi connectivity index (χ4v) is 2.88. The first-order valence-corrected chi connectivity index (χ1v) is 8.05. The van der Waals surface area contributed by atoms with Crippen LogP contribution in [0.5, 0.6) is 0 Å². The Balaban J connectivity index is 1.84. The van der Waals surface area contributed by atoms with E-state index in [9.17, 15) is 0 Å². The molecule has 1 N–H and O–H groups in total. The normalized spacial score (nSPS) is 17.7. The van der Waals surface area contributed by atoms with Crippen molar-refractivity contribution in [2.24, 2.45) is 0 Å². The highest BCUT2D eigenvalue weighted by molar-refractivity contribution is 6.30. The van der Waals surface area contributed by atoms with Crippen molar-refractivity contribution < 1.29 is 0 Å². The molecule has 3 rings (SSSR count). The van der Waals surface area contributed by atoms with Crippen molar-refractivity contribution in [1.29, 1.82) is 0 Å². The second kappa shape index (κ2) is 6.99. The molecule has 0 bridgehead atoms. The van der Waals surface area contributed by atoms with Gasteiger partial charge in [0.25, 0.3) is 0 Å². The number of halogens is 1. The molecule has 1 unspecified atom stereocenters. The lowest BCUT2D eigenvalue weighted by Gasteiger charge is -2.38. The van der Waals surface area contributed by atoms with E-state index in [-0.39, 0.29) is 6.17 Å². The Bertz CT molecular complexity index is 720. The van der Waals surface area contributed by atoms with Crippen LogP contribution in [0.4, 0.5) is 5.69 Å². The van der Waals surface area contributed by atoms with Crippen LogP contribution >= 0.6 is 11.6 Å². The molecular formula is C19H20ClN3. The molecule has 1 aromatic heterocycles. The molecule has 2 heterocycles. The maximum atomic E-state index is 6.03. The van der Waals surface area contributed by atoms with E-state index in [1.165, 1.54) is 16.8 Å². The number of aromatic nitrogens is 1. The van der Waals surface area contributed by atoms with Crippen LogP contribution in [0.3, 0.4) is 0 Å². The molecule has 3 nitrogen and oxygen atoms in total. The van der Waals surface area contributed by atoms with E-state index in [0.29, 0.717) is 0 Å². The van der Waals surface area contributed by atoms with Crippen molar-refractivity contribution in [2.75, 3.05) is 4.90 Å². The van der Waals surface area contributed by atoms with Gasteiger partial charge in [0.1, 0.15) is 6.17 Å². The second-order valence-electron chi connectivity index (χ2n) is 5.70. The molecule has 0 saturated heterocycles. The molecule has 1 aromatic carbocycles. The minimum Gasteiger partial charge on any atom is -0.326 e. The quantitative estimate of drug-likeness (QED) is 0.895. The Labute approximate surface area is 142 Å². The Morgan fingerprint density at radius 2 is 1.74 bits per heavy atom. The van der Waals surface area contributed by atoms with Crippen LogP contribution < -0.4 is 10.2 Å². The summed E-state index contributed by atoms with van der Waals surface area (Å²) in [7, 11) is 0. The molecule has 1 aliphatic rings. The van der Waals surface area contributed by atoms with Gasteiger partial charge in [-0.15, -0.1) is 0 Å². The third kappa shape index (κ3) is 3.63. The lowest BCUT2D eigenvalue weighted by Crippen LogP contribution is -2.46. The van der Waals surface area contributed by atoms with Gasteiger partial charge < -0.3 is 4.90 Å². The van der Waals surface area contributed by atoms with Gasteiger partial charge in [0.05, 0.1) is 0 Å². The minimum atomic E-state index is 0.120. The van der Waals surface area contributed by atoms with E-state index in [0.717, 1.165) is 17.3 Å². The zero-order valence-electron chi connectivity index (χ0n) is 13.3. The number of benzene rings is 1. The smallest absolute Gasteiger partial charge is 0.106 e. The summed E-state index contributed by atoms with van der Waals surface area (Å²) in [4.78, 5) is 6.37. The van der Waals surface area contributed by atoms with Crippen LogP contribution in [0, 0.1) is 0 Å². The number of nitrogens with one attached hydrogen (secondary N) is 1. The zero-order valence-corrected chi connectivity index (χ0v) is 14.1. The van der Waals surface area contributed by atoms with Crippen LogP contribution in [0.25, 0.3) is 0 Å². The van der Waals surface area contributed by atoms with E-state index < -0.39 is 0 Å². The highest BCUT2D eigenvalue weighted by atomic mass is 35.5. The highest BCUT2D eigenvalue weighted by Crippen LogP contribution is 2.28. The lowest BCUT2D eigenvalue weighted by atomic mass is 10.1. The number of allylic oxidation sites excluding steroid dienone is 3. The molecule has 0 aliphatic carbocycles. The van der Waals surface area contributed by atoms with Crippen LogP contribution in [0.15, 0.2) is 72.2 Å². The first kappa shape index (κ1) is 15.8. The van der Waals surface area contributed by atoms with Crippen molar-refractivity contribution in [2.45, 2.75) is 26.6 Å². The lowest BCUT2D eigenvalue weighted by molar-refractivity contribution is 0.556. The first-order chi connectivity index (χ1) is 11.1. The molecule has 1 atom stereocenters. The van der Waals surface area contributed by atoms with Gasteiger partial charge in [-0.25, -0.2) is 0 Å². The molecule has 0 saturated carbocycles. The van der Waals surface area contributed by atoms with E-state index in [1.54, 1.807) is 0 Å². The maximum absolute atomic E-state index is 6.03. The summed E-state index contributed by atoms with van der Waals surface area (Å²) < 4.78 is 0. The van der Waals surface area contributed by atoms with E-state index in [2.05, 4.69) is 53.3 Å². The Morgan fingerprint density at radius 3 is 2.43 bits per heavy atom. The Morgan fingerprint density at radius 1 is 1.04 bits per heavy atom. The van der Waals surface area contributed by atoms with Gasteiger partial charge in [-0.05, 0) is 67.5 Å². The second-order valence-corrected chi connectivity index (χ2v) is 6.14. The molecular weight excluding hydrogens is 306 g/mol. The third-order valence-electron chi connectivity index (χ3n) is 4.01. The molecule has 2 aromatic rings. The highest BCUT2D eigenvalue weighted by Gasteiger charge is 2.24. The predicted octanol–water partition coefficient (Wildman–Crippen LogP) is 4.52. The van der Waals surface area contributed by atoms with Gasteiger partial charge in [0.2, 0.25) is 0 Å². The van der Waals surface area contributed by atoms with Gasteiger partial charge in [0.15, 0.2) is 0 Å². The molecule has 0 radical (unpaired) electrons. The van der Waals surface area contributed by atoms with E-state index in [4.69, 9.17) is 11.6 Å². The molecule has 23 heavy (non-hydrogen) atoms. The van der Waals surface area contributed by atoms with Crippen molar-refractivity contribution in [3.63, 3.8) is 0 Å². The average Bonchev–Trinajstić information content (AvgIpc) is 2.57. The SMILES string of the molecule is CC1=CC=C(C)N(c2ccc(Cl)cc2)C1NCc1ccncc1. The molecule has 0 fully saturated rings. The van der Waals surface area contributed by atoms with Crippen LogP contribution in [0.2, 0.25) is 5.02 Å². The number of hydrogen-bond donors (Lipinski definition) is 1. The topological polar surface area (TPSA) is 28.2 Å². The summed E-state index contributed by atoms with van der Waals surface area (Å²) in [5.41, 5.74) is 4.82. The number of anilines is 1. The maximum Gasteiger partial charge on any atom is 0.106 e. The van der Waals surface area contributed by atoms with Crippen molar-refractivity contribution in [3.8, 4) is 0 Å². The zero-order chi connectivity index (χ0) is 16.2. The molecule has 118 valence electrons. The summed E-state index contributed by atoms with van der Waals surface area (Å²) in [6.45, 7) is 5.06.